The summed E-state index contributed by atoms with van der Waals surface area (Å²) in [7, 11) is 0. The smallest absolute Gasteiger partial charge is 1.00 e. The van der Waals surface area contributed by atoms with Crippen LogP contribution in [0.25, 0.3) is 6.08 Å². The molecule has 1 aromatic rings. The van der Waals surface area contributed by atoms with Crippen LogP contribution in [-0.4, -0.2) is 23.1 Å². The quantitative estimate of drug-likeness (QED) is 0.358. The van der Waals surface area contributed by atoms with Crippen molar-refractivity contribution >= 4 is 29.1 Å². The Morgan fingerprint density at radius 3 is 2.50 bits per heavy atom. The zero-order valence-corrected chi connectivity index (χ0v) is 7.85. The Bertz CT molecular complexity index is 172. The van der Waals surface area contributed by atoms with E-state index in [0.29, 0.717) is 0 Å². The maximum absolute atomic E-state index is 3.61. The maximum Gasteiger partial charge on any atom is 2.00 e. The summed E-state index contributed by atoms with van der Waals surface area (Å²) in [6, 6.07) is 10.6. The second kappa shape index (κ2) is 7.13. The van der Waals surface area contributed by atoms with Gasteiger partial charge in [-0.15, -0.1) is 18.2 Å². The first-order chi connectivity index (χ1) is 3.93. The van der Waals surface area contributed by atoms with Crippen LogP contribution in [0.15, 0.2) is 30.8 Å². The van der Waals surface area contributed by atoms with Gasteiger partial charge < -0.3 is 12.4 Å². The van der Waals surface area contributed by atoms with Crippen molar-refractivity contribution in [1.29, 1.82) is 0 Å². The van der Waals surface area contributed by atoms with Gasteiger partial charge in [-0.25, -0.2) is 0 Å². The molecular weight excluding hydrogens is 156 g/mol. The Kier molecular flexibility index (Phi) is 9.03. The van der Waals surface area contributed by atoms with Crippen molar-refractivity contribution in [1.82, 2.24) is 0 Å². The zero-order chi connectivity index (χ0) is 5.82. The van der Waals surface area contributed by atoms with E-state index in [1.807, 2.05) is 24.3 Å². The largest absolute Gasteiger partial charge is 2.00 e. The van der Waals surface area contributed by atoms with E-state index in [9.17, 15) is 0 Å². The molecule has 0 aliphatic rings. The van der Waals surface area contributed by atoms with Crippen molar-refractivity contribution in [2.45, 2.75) is 0 Å². The number of hydrogen-bond acceptors (Lipinski definition) is 0. The van der Waals surface area contributed by atoms with E-state index in [4.69, 9.17) is 0 Å². The van der Waals surface area contributed by atoms with E-state index in [-0.39, 0.29) is 35.5 Å². The fourth-order valence-corrected chi connectivity index (χ4v) is 0.534. The zero-order valence-electron chi connectivity index (χ0n) is 5.68. The summed E-state index contributed by atoms with van der Waals surface area (Å²) >= 11 is 0. The second-order valence-corrected chi connectivity index (χ2v) is 1.54. The van der Waals surface area contributed by atoms with Crippen LogP contribution in [0.5, 0.6) is 0 Å². The summed E-state index contributed by atoms with van der Waals surface area (Å²) < 4.78 is 0. The van der Waals surface area contributed by atoms with Crippen molar-refractivity contribution < 1.29 is 12.4 Å². The summed E-state index contributed by atoms with van der Waals surface area (Å²) in [4.78, 5) is 0. The molecule has 0 fully saturated rings. The maximum atomic E-state index is 3.61. The van der Waals surface area contributed by atoms with Gasteiger partial charge in [0, 0.05) is 0 Å². The van der Waals surface area contributed by atoms with Gasteiger partial charge in [-0.3, -0.25) is 0 Å². The Morgan fingerprint density at radius 1 is 1.50 bits per heavy atom. The minimum absolute atomic E-state index is 0. The standard InChI is InChI=1S/C8H7.ClH.Mg/c1-2-8-6-4-3-5-7-8;;/h2-4,6-7H,1H2;1H;/q-1;;+2/p-1. The third-order valence-electron chi connectivity index (χ3n) is 0.967. The number of rotatable bonds is 1. The molecule has 0 unspecified atom stereocenters. The van der Waals surface area contributed by atoms with Crippen LogP contribution in [-0.2, 0) is 0 Å². The van der Waals surface area contributed by atoms with Gasteiger partial charge in [0.05, 0.1) is 0 Å². The van der Waals surface area contributed by atoms with Gasteiger partial charge in [0.15, 0.2) is 0 Å². The topological polar surface area (TPSA) is 0 Å². The molecule has 48 valence electrons. The van der Waals surface area contributed by atoms with Gasteiger partial charge in [-0.1, -0.05) is 0 Å². The third kappa shape index (κ3) is 3.93. The first-order valence-corrected chi connectivity index (χ1v) is 2.52. The summed E-state index contributed by atoms with van der Waals surface area (Å²) in [5, 5.41) is 0. The molecule has 0 amide bonds. The Balaban J connectivity index is 0. The first kappa shape index (κ1) is 12.7. The predicted octanol–water partition coefficient (Wildman–Crippen LogP) is -1.25. The van der Waals surface area contributed by atoms with Gasteiger partial charge in [-0.05, 0) is 0 Å². The van der Waals surface area contributed by atoms with E-state index in [1.54, 1.807) is 6.08 Å². The molecule has 10 heavy (non-hydrogen) atoms. The SMILES string of the molecule is C=Cc1c[c-]ccc1.[Cl-].[Mg+2]. The molecule has 0 bridgehead atoms. The van der Waals surface area contributed by atoms with Gasteiger partial charge >= 0.3 is 23.1 Å². The molecule has 2 heteroatoms. The molecule has 0 aromatic heterocycles. The molecule has 1 aromatic carbocycles. The van der Waals surface area contributed by atoms with Gasteiger partial charge in [-0.2, -0.15) is 30.3 Å². The number of hydrogen-bond donors (Lipinski definition) is 0. The molecular formula is C8H7ClMg. The normalized spacial score (nSPS) is 6.80. The number of benzene rings is 1. The Morgan fingerprint density at radius 2 is 2.20 bits per heavy atom. The van der Waals surface area contributed by atoms with Crippen LogP contribution >= 0.6 is 0 Å². The van der Waals surface area contributed by atoms with E-state index in [0.717, 1.165) is 5.56 Å². The molecule has 0 atom stereocenters. The average Bonchev–Trinajstić information content (AvgIpc) is 1.90. The van der Waals surface area contributed by atoms with Crippen LogP contribution in [0.4, 0.5) is 0 Å². The molecule has 1 rings (SSSR count). The van der Waals surface area contributed by atoms with Crippen LogP contribution in [0.1, 0.15) is 5.56 Å². The molecule has 0 spiro atoms. The minimum Gasteiger partial charge on any atom is -1.00 e. The van der Waals surface area contributed by atoms with E-state index in [2.05, 4.69) is 12.6 Å². The van der Waals surface area contributed by atoms with E-state index < -0.39 is 0 Å². The third-order valence-corrected chi connectivity index (χ3v) is 0.967. The van der Waals surface area contributed by atoms with Gasteiger partial charge in [0.1, 0.15) is 0 Å². The molecule has 0 heterocycles. The summed E-state index contributed by atoms with van der Waals surface area (Å²) in [5.41, 5.74) is 1.12. The monoisotopic (exact) mass is 162 g/mol. The minimum atomic E-state index is 0. The molecule has 0 saturated heterocycles. The van der Waals surface area contributed by atoms with E-state index in [1.165, 1.54) is 0 Å². The molecule has 0 nitrogen and oxygen atoms in total. The van der Waals surface area contributed by atoms with Crippen LogP contribution in [0.2, 0.25) is 0 Å². The molecule has 0 aliphatic carbocycles. The molecule has 0 radical (unpaired) electrons. The fraction of sp³-hybridized carbons (Fsp3) is 0. The van der Waals surface area contributed by atoms with Crippen molar-refractivity contribution in [3.63, 3.8) is 0 Å². The van der Waals surface area contributed by atoms with Crippen molar-refractivity contribution in [2.75, 3.05) is 0 Å². The second-order valence-electron chi connectivity index (χ2n) is 1.54. The predicted molar refractivity (Wildman–Crippen MR) is 41.1 cm³/mol. The molecule has 0 saturated carbocycles. The molecule has 0 aliphatic heterocycles. The van der Waals surface area contributed by atoms with Crippen molar-refractivity contribution in [2.24, 2.45) is 0 Å². The summed E-state index contributed by atoms with van der Waals surface area (Å²) in [5.74, 6) is 0. The molecule has 0 N–H and O–H groups in total. The van der Waals surface area contributed by atoms with Crippen LogP contribution < -0.4 is 12.4 Å². The van der Waals surface area contributed by atoms with E-state index >= 15 is 0 Å². The number of halogens is 1. The van der Waals surface area contributed by atoms with Gasteiger partial charge in [0.25, 0.3) is 0 Å². The first-order valence-electron chi connectivity index (χ1n) is 2.52. The van der Waals surface area contributed by atoms with Crippen LogP contribution in [0.3, 0.4) is 0 Å². The van der Waals surface area contributed by atoms with Crippen molar-refractivity contribution in [3.05, 3.63) is 42.5 Å². The average molecular weight is 163 g/mol. The summed E-state index contributed by atoms with van der Waals surface area (Å²) in [6.45, 7) is 3.61. The van der Waals surface area contributed by atoms with Crippen LogP contribution in [0, 0.1) is 6.07 Å². The summed E-state index contributed by atoms with van der Waals surface area (Å²) in [6.07, 6.45) is 1.80. The van der Waals surface area contributed by atoms with Gasteiger partial charge in [0.2, 0.25) is 0 Å². The fourth-order valence-electron chi connectivity index (χ4n) is 0.534. The van der Waals surface area contributed by atoms with Crippen molar-refractivity contribution in [3.8, 4) is 0 Å². The Hall–Kier alpha value is 0.0162. The Labute approximate surface area is 83.9 Å².